The summed E-state index contributed by atoms with van der Waals surface area (Å²) >= 11 is 7.52. The van der Waals surface area contributed by atoms with Gasteiger partial charge >= 0.3 is 0 Å². The first-order valence-electron chi connectivity index (χ1n) is 12.6. The van der Waals surface area contributed by atoms with Gasteiger partial charge in [-0.1, -0.05) is 67.9 Å². The number of nitrogens with zero attached hydrogens (tertiary/aromatic N) is 3. The van der Waals surface area contributed by atoms with E-state index in [-0.39, 0.29) is 11.4 Å². The van der Waals surface area contributed by atoms with Crippen LogP contribution in [0.1, 0.15) is 42.9 Å². The van der Waals surface area contributed by atoms with Crippen molar-refractivity contribution in [1.29, 1.82) is 5.41 Å². The molecule has 3 aromatic rings. The highest BCUT2D eigenvalue weighted by molar-refractivity contribution is 8.27. The monoisotopic (exact) mass is 558 g/mol. The Hall–Kier alpha value is -3.88. The fourth-order valence-electron chi connectivity index (χ4n) is 4.01. The van der Waals surface area contributed by atoms with Gasteiger partial charge in [-0.2, -0.15) is 15.1 Å². The van der Waals surface area contributed by atoms with Crippen molar-refractivity contribution in [2.24, 2.45) is 10.1 Å². The molecule has 0 bridgehead atoms. The minimum Gasteiger partial charge on any atom is -0.490 e. The Kier molecular flexibility index (Phi) is 8.14. The minimum atomic E-state index is -0.482. The molecule has 2 aliphatic heterocycles. The van der Waals surface area contributed by atoms with Crippen molar-refractivity contribution in [2.75, 3.05) is 13.2 Å². The molecule has 5 rings (SSSR count). The highest BCUT2D eigenvalue weighted by Gasteiger charge is 2.36. The number of benzene rings is 3. The average molecular weight is 559 g/mol. The van der Waals surface area contributed by atoms with Gasteiger partial charge in [0.15, 0.2) is 5.84 Å². The van der Waals surface area contributed by atoms with Crippen molar-refractivity contribution in [3.05, 3.63) is 100 Å². The molecule has 1 amide bonds. The molecule has 39 heavy (non-hydrogen) atoms. The van der Waals surface area contributed by atoms with Crippen molar-refractivity contribution in [3.63, 3.8) is 0 Å². The van der Waals surface area contributed by atoms with Crippen molar-refractivity contribution in [1.82, 2.24) is 5.01 Å². The Morgan fingerprint density at radius 3 is 2.28 bits per heavy atom. The third kappa shape index (κ3) is 6.08. The van der Waals surface area contributed by atoms with Gasteiger partial charge in [-0.05, 0) is 71.6 Å². The van der Waals surface area contributed by atoms with Gasteiger partial charge in [-0.25, -0.2) is 0 Å². The molecule has 0 aliphatic carbocycles. The van der Waals surface area contributed by atoms with E-state index in [1.165, 1.54) is 22.3 Å². The molecule has 0 fully saturated rings. The first-order chi connectivity index (χ1) is 18.9. The molecule has 3 aromatic carbocycles. The molecule has 0 radical (unpaired) electrons. The summed E-state index contributed by atoms with van der Waals surface area (Å²) in [5.74, 6) is 1.52. The predicted octanol–water partition coefficient (Wildman–Crippen LogP) is 6.98. The molecule has 0 spiro atoms. The highest BCUT2D eigenvalue weighted by Crippen LogP contribution is 2.33. The van der Waals surface area contributed by atoms with E-state index in [1.807, 2.05) is 54.6 Å². The van der Waals surface area contributed by atoms with Crippen molar-refractivity contribution in [2.45, 2.75) is 26.2 Å². The summed E-state index contributed by atoms with van der Waals surface area (Å²) in [7, 11) is 0. The van der Waals surface area contributed by atoms with Gasteiger partial charge in [0.1, 0.15) is 29.8 Å². The van der Waals surface area contributed by atoms with Gasteiger partial charge in [0.05, 0.1) is 10.6 Å². The number of amides is 1. The Morgan fingerprint density at radius 1 is 1.00 bits per heavy atom. The standard InChI is InChI=1S/C30H27ClN4O3S/c1-3-19(2)21-10-14-23(15-11-21)38-17-16-37-22-12-8-20(9-13-22)18-25-27(32)35-30(33-28(25)36)39-29(34-35)24-6-4-5-7-26(24)31/h4-15,18-19,32H,3,16-17H2,1-2H3/b25-18+,32-27?/t19-/m0/s1. The maximum Gasteiger partial charge on any atom is 0.283 e. The van der Waals surface area contributed by atoms with Crippen LogP contribution in [0, 0.1) is 5.41 Å². The number of thioether (sulfide) groups is 1. The normalized spacial score (nSPS) is 16.6. The molecule has 198 valence electrons. The van der Waals surface area contributed by atoms with Crippen LogP contribution in [-0.2, 0) is 4.79 Å². The number of rotatable bonds is 9. The zero-order chi connectivity index (χ0) is 27.4. The Balaban J connectivity index is 1.18. The molecule has 2 heterocycles. The maximum absolute atomic E-state index is 12.7. The smallest absolute Gasteiger partial charge is 0.283 e. The number of hydrogen-bond acceptors (Lipinski definition) is 6. The molecule has 0 unspecified atom stereocenters. The van der Waals surface area contributed by atoms with E-state index in [9.17, 15) is 4.79 Å². The summed E-state index contributed by atoms with van der Waals surface area (Å²) in [5, 5.41) is 15.9. The molecule has 1 atom stereocenters. The summed E-state index contributed by atoms with van der Waals surface area (Å²) in [6, 6.07) is 22.8. The van der Waals surface area contributed by atoms with E-state index < -0.39 is 5.91 Å². The number of hydrazone groups is 1. The van der Waals surface area contributed by atoms with Crippen LogP contribution in [0.2, 0.25) is 5.02 Å². The number of carbonyl (C=O) groups is 1. The molecule has 2 aliphatic rings. The molecular weight excluding hydrogens is 532 g/mol. The topological polar surface area (TPSA) is 87.3 Å². The van der Waals surface area contributed by atoms with Crippen LogP contribution >= 0.6 is 23.4 Å². The second kappa shape index (κ2) is 11.9. The van der Waals surface area contributed by atoms with Crippen LogP contribution in [-0.4, -0.2) is 40.2 Å². The number of halogens is 1. The van der Waals surface area contributed by atoms with Crippen molar-refractivity contribution < 1.29 is 14.3 Å². The fraction of sp³-hybridized carbons (Fsp3) is 0.200. The van der Waals surface area contributed by atoms with E-state index in [2.05, 4.69) is 36.1 Å². The number of aliphatic imine (C=N–C) groups is 1. The molecular formula is C30H27ClN4O3S. The molecule has 9 heteroatoms. The summed E-state index contributed by atoms with van der Waals surface area (Å²) in [6.45, 7) is 5.21. The molecule has 0 aromatic heterocycles. The predicted molar refractivity (Wildman–Crippen MR) is 158 cm³/mol. The summed E-state index contributed by atoms with van der Waals surface area (Å²) in [6.07, 6.45) is 2.74. The van der Waals surface area contributed by atoms with E-state index in [4.69, 9.17) is 26.5 Å². The van der Waals surface area contributed by atoms with Gasteiger partial charge < -0.3 is 9.47 Å². The van der Waals surface area contributed by atoms with Crippen molar-refractivity contribution >= 4 is 51.4 Å². The number of ether oxygens (including phenoxy) is 2. The maximum atomic E-state index is 12.7. The van der Waals surface area contributed by atoms with Crippen LogP contribution in [0.4, 0.5) is 0 Å². The van der Waals surface area contributed by atoms with Crippen LogP contribution < -0.4 is 9.47 Å². The molecule has 0 saturated carbocycles. The SMILES string of the molecule is CC[C@H](C)c1ccc(OCCOc2ccc(/C=C3\C(=N)N4N=C(c5ccccc5Cl)SC4=NC3=O)cc2)cc1. The number of amidine groups is 2. The quantitative estimate of drug-likeness (QED) is 0.226. The van der Waals surface area contributed by atoms with E-state index >= 15 is 0 Å². The van der Waals surface area contributed by atoms with Gasteiger partial charge in [0.2, 0.25) is 5.17 Å². The Bertz CT molecular complexity index is 1480. The van der Waals surface area contributed by atoms with E-state index in [1.54, 1.807) is 12.1 Å². The van der Waals surface area contributed by atoms with Crippen LogP contribution in [0.25, 0.3) is 6.08 Å². The summed E-state index contributed by atoms with van der Waals surface area (Å²) in [5.41, 5.74) is 2.94. The Labute approximate surface area is 236 Å². The Morgan fingerprint density at radius 2 is 1.64 bits per heavy atom. The lowest BCUT2D eigenvalue weighted by atomic mass is 9.99. The van der Waals surface area contributed by atoms with E-state index in [0.717, 1.165) is 23.3 Å². The minimum absolute atomic E-state index is 0.0331. The molecule has 0 saturated heterocycles. The third-order valence-corrected chi connectivity index (χ3v) is 7.70. The largest absolute Gasteiger partial charge is 0.490 e. The lowest BCUT2D eigenvalue weighted by molar-refractivity contribution is -0.114. The van der Waals surface area contributed by atoms with Crippen LogP contribution in [0.15, 0.2) is 88.5 Å². The number of nitrogens with one attached hydrogen (secondary N) is 1. The van der Waals surface area contributed by atoms with Crippen molar-refractivity contribution in [3.8, 4) is 11.5 Å². The number of carbonyl (C=O) groups excluding carboxylic acids is 1. The zero-order valence-electron chi connectivity index (χ0n) is 21.6. The molecule has 7 nitrogen and oxygen atoms in total. The van der Waals surface area contributed by atoms with E-state index in [0.29, 0.717) is 40.1 Å². The second-order valence-corrected chi connectivity index (χ2v) is 10.4. The fourth-order valence-corrected chi connectivity index (χ4v) is 5.22. The third-order valence-electron chi connectivity index (χ3n) is 6.43. The first kappa shape index (κ1) is 26.7. The van der Waals surface area contributed by atoms with Gasteiger partial charge in [0, 0.05) is 5.56 Å². The lowest BCUT2D eigenvalue weighted by Crippen LogP contribution is -2.35. The molecule has 1 N–H and O–H groups in total. The summed E-state index contributed by atoms with van der Waals surface area (Å²) in [4.78, 5) is 16.9. The van der Waals surface area contributed by atoms with Crippen LogP contribution in [0.5, 0.6) is 11.5 Å². The lowest BCUT2D eigenvalue weighted by Gasteiger charge is -2.20. The summed E-state index contributed by atoms with van der Waals surface area (Å²) < 4.78 is 11.6. The van der Waals surface area contributed by atoms with Gasteiger partial charge in [-0.15, -0.1) is 0 Å². The van der Waals surface area contributed by atoms with Gasteiger partial charge in [-0.3, -0.25) is 10.2 Å². The second-order valence-electron chi connectivity index (χ2n) is 9.05. The van der Waals surface area contributed by atoms with Crippen LogP contribution in [0.3, 0.4) is 0 Å². The number of hydrogen-bond donors (Lipinski definition) is 1. The highest BCUT2D eigenvalue weighted by atomic mass is 35.5. The van der Waals surface area contributed by atoms with Gasteiger partial charge in [0.25, 0.3) is 5.91 Å². The first-order valence-corrected chi connectivity index (χ1v) is 13.8. The zero-order valence-corrected chi connectivity index (χ0v) is 23.1. The average Bonchev–Trinajstić information content (AvgIpc) is 3.38. The number of fused-ring (bicyclic) bond motifs is 1.